The fraction of sp³-hybridized carbons (Fsp3) is 0.538. The zero-order chi connectivity index (χ0) is 12.8. The van der Waals surface area contributed by atoms with E-state index in [9.17, 15) is 10.2 Å². The number of likely N-dealkylation sites (N-methyl/N-ethyl adjacent to an activating group) is 1. The van der Waals surface area contributed by atoms with Gasteiger partial charge in [0.2, 0.25) is 0 Å². The minimum absolute atomic E-state index is 0.340. The van der Waals surface area contributed by atoms with E-state index in [-0.39, 0.29) is 6.10 Å². The third-order valence-electron chi connectivity index (χ3n) is 2.61. The van der Waals surface area contributed by atoms with Crippen molar-refractivity contribution in [2.24, 2.45) is 0 Å². The van der Waals surface area contributed by atoms with Crippen LogP contribution < -0.4 is 0 Å². The minimum Gasteiger partial charge on any atom is -0.392 e. The van der Waals surface area contributed by atoms with Crippen LogP contribution in [0.1, 0.15) is 25.0 Å². The summed E-state index contributed by atoms with van der Waals surface area (Å²) in [4.78, 5) is 2.00. The van der Waals surface area contributed by atoms with Gasteiger partial charge >= 0.3 is 0 Å². The van der Waals surface area contributed by atoms with Gasteiger partial charge in [0, 0.05) is 18.1 Å². The van der Waals surface area contributed by atoms with E-state index in [0.717, 1.165) is 12.1 Å². The number of aliphatic hydroxyl groups excluding tert-OH is 2. The van der Waals surface area contributed by atoms with Gasteiger partial charge in [-0.3, -0.25) is 0 Å². The predicted molar refractivity (Wildman–Crippen MR) is 70.2 cm³/mol. The van der Waals surface area contributed by atoms with Crippen molar-refractivity contribution < 1.29 is 10.2 Å². The molecule has 0 aromatic heterocycles. The second-order valence-electron chi connectivity index (χ2n) is 4.47. The molecule has 0 heterocycles. The van der Waals surface area contributed by atoms with Crippen molar-refractivity contribution in [3.63, 3.8) is 0 Å². The van der Waals surface area contributed by atoms with Gasteiger partial charge in [-0.25, -0.2) is 0 Å². The number of hydrogen-bond donors (Lipinski definition) is 2. The molecule has 1 aromatic rings. The molecule has 0 saturated heterocycles. The molecular weight excluding hydrogens is 238 g/mol. The molecule has 0 bridgehead atoms. The van der Waals surface area contributed by atoms with Crippen LogP contribution in [0.4, 0.5) is 0 Å². The Hall–Kier alpha value is -0.610. The summed E-state index contributed by atoms with van der Waals surface area (Å²) in [6.45, 7) is 3.12. The molecule has 0 saturated carbocycles. The highest BCUT2D eigenvalue weighted by Crippen LogP contribution is 2.19. The first-order chi connectivity index (χ1) is 7.99. The minimum atomic E-state index is -0.483. The number of aliphatic hydroxyl groups is 2. The highest BCUT2D eigenvalue weighted by atomic mass is 35.5. The van der Waals surface area contributed by atoms with E-state index in [2.05, 4.69) is 0 Å². The summed E-state index contributed by atoms with van der Waals surface area (Å²) in [5, 5.41) is 19.9. The highest BCUT2D eigenvalue weighted by molar-refractivity contribution is 6.30. The Balaban J connectivity index is 2.39. The molecule has 2 unspecified atom stereocenters. The van der Waals surface area contributed by atoms with Crippen LogP contribution in [-0.2, 0) is 0 Å². The van der Waals surface area contributed by atoms with E-state index >= 15 is 0 Å². The van der Waals surface area contributed by atoms with Gasteiger partial charge in [-0.1, -0.05) is 23.7 Å². The smallest absolute Gasteiger partial charge is 0.0802 e. The molecule has 2 atom stereocenters. The van der Waals surface area contributed by atoms with Gasteiger partial charge in [0.05, 0.1) is 12.2 Å². The Morgan fingerprint density at radius 1 is 1.24 bits per heavy atom. The maximum Gasteiger partial charge on any atom is 0.0802 e. The second kappa shape index (κ2) is 6.97. The third kappa shape index (κ3) is 5.50. The van der Waals surface area contributed by atoms with Gasteiger partial charge in [-0.05, 0) is 38.1 Å². The van der Waals surface area contributed by atoms with Crippen molar-refractivity contribution in [1.82, 2.24) is 4.90 Å². The number of rotatable bonds is 6. The van der Waals surface area contributed by atoms with Gasteiger partial charge in [-0.2, -0.15) is 0 Å². The molecule has 0 aliphatic carbocycles. The van der Waals surface area contributed by atoms with Crippen LogP contribution in [0, 0.1) is 0 Å². The molecule has 1 aromatic carbocycles. The fourth-order valence-electron chi connectivity index (χ4n) is 1.74. The number of benzene rings is 1. The average molecular weight is 258 g/mol. The Labute approximate surface area is 108 Å². The van der Waals surface area contributed by atoms with Crippen LogP contribution in [0.25, 0.3) is 0 Å². The maximum atomic E-state index is 9.96. The van der Waals surface area contributed by atoms with E-state index in [1.807, 2.05) is 24.1 Å². The quantitative estimate of drug-likeness (QED) is 0.820. The van der Waals surface area contributed by atoms with Crippen LogP contribution in [-0.4, -0.2) is 41.4 Å². The van der Waals surface area contributed by atoms with Gasteiger partial charge in [0.25, 0.3) is 0 Å². The Kier molecular flexibility index (Phi) is 5.92. The van der Waals surface area contributed by atoms with E-state index < -0.39 is 6.10 Å². The van der Waals surface area contributed by atoms with E-state index in [4.69, 9.17) is 11.6 Å². The van der Waals surface area contributed by atoms with Crippen molar-refractivity contribution in [2.75, 3.05) is 20.1 Å². The van der Waals surface area contributed by atoms with Crippen molar-refractivity contribution in [1.29, 1.82) is 0 Å². The molecule has 0 radical (unpaired) electrons. The molecule has 2 N–H and O–H groups in total. The molecule has 0 aliphatic rings. The maximum absolute atomic E-state index is 9.96. The second-order valence-corrected chi connectivity index (χ2v) is 4.90. The summed E-state index contributed by atoms with van der Waals surface area (Å²) in [5.41, 5.74) is 0.875. The molecule has 0 aliphatic heterocycles. The molecule has 0 fully saturated rings. The Morgan fingerprint density at radius 2 is 1.82 bits per heavy atom. The van der Waals surface area contributed by atoms with Crippen LogP contribution >= 0.6 is 11.6 Å². The molecule has 3 nitrogen and oxygen atoms in total. The van der Waals surface area contributed by atoms with Crippen molar-refractivity contribution in [3.05, 3.63) is 34.9 Å². The van der Waals surface area contributed by atoms with Crippen LogP contribution in [0.3, 0.4) is 0 Å². The molecule has 0 amide bonds. The lowest BCUT2D eigenvalue weighted by atomic mass is 10.1. The topological polar surface area (TPSA) is 43.7 Å². The number of halogens is 1. The SMILES string of the molecule is CC(O)CN(C)CCC(O)c1ccc(Cl)cc1. The van der Waals surface area contributed by atoms with E-state index in [1.165, 1.54) is 0 Å². The third-order valence-corrected chi connectivity index (χ3v) is 2.87. The molecule has 0 spiro atoms. The van der Waals surface area contributed by atoms with Gasteiger partial charge < -0.3 is 15.1 Å². The Bertz CT molecular complexity index is 327. The summed E-state index contributed by atoms with van der Waals surface area (Å²) in [6, 6.07) is 7.22. The largest absolute Gasteiger partial charge is 0.392 e. The summed E-state index contributed by atoms with van der Waals surface area (Å²) in [5.74, 6) is 0. The monoisotopic (exact) mass is 257 g/mol. The number of hydrogen-bond acceptors (Lipinski definition) is 3. The molecule has 1 rings (SSSR count). The zero-order valence-corrected chi connectivity index (χ0v) is 11.1. The van der Waals surface area contributed by atoms with Crippen molar-refractivity contribution in [2.45, 2.75) is 25.6 Å². The molecule has 4 heteroatoms. The first-order valence-electron chi connectivity index (χ1n) is 5.79. The van der Waals surface area contributed by atoms with Crippen LogP contribution in [0.15, 0.2) is 24.3 Å². The van der Waals surface area contributed by atoms with Gasteiger partial charge in [-0.15, -0.1) is 0 Å². The fourth-order valence-corrected chi connectivity index (χ4v) is 1.86. The zero-order valence-electron chi connectivity index (χ0n) is 10.3. The van der Waals surface area contributed by atoms with Gasteiger partial charge in [0.15, 0.2) is 0 Å². The van der Waals surface area contributed by atoms with Gasteiger partial charge in [0.1, 0.15) is 0 Å². The molecular formula is C13H20ClNO2. The van der Waals surface area contributed by atoms with Crippen molar-refractivity contribution >= 4 is 11.6 Å². The van der Waals surface area contributed by atoms with Crippen LogP contribution in [0.5, 0.6) is 0 Å². The Morgan fingerprint density at radius 3 is 2.35 bits per heavy atom. The lowest BCUT2D eigenvalue weighted by Crippen LogP contribution is -2.28. The average Bonchev–Trinajstić information content (AvgIpc) is 2.26. The predicted octanol–water partition coefficient (Wildman–Crippen LogP) is 2.08. The molecule has 17 heavy (non-hydrogen) atoms. The standard InChI is InChI=1S/C13H20ClNO2/c1-10(16)9-15(2)8-7-13(17)11-3-5-12(14)6-4-11/h3-6,10,13,16-17H,7-9H2,1-2H3. The van der Waals surface area contributed by atoms with E-state index in [0.29, 0.717) is 18.0 Å². The first-order valence-corrected chi connectivity index (χ1v) is 6.17. The molecule has 96 valence electrons. The van der Waals surface area contributed by atoms with E-state index in [1.54, 1.807) is 19.1 Å². The van der Waals surface area contributed by atoms with Crippen molar-refractivity contribution in [3.8, 4) is 0 Å². The lowest BCUT2D eigenvalue weighted by Gasteiger charge is -2.20. The normalized spacial score (nSPS) is 14.9. The summed E-state index contributed by atoms with van der Waals surface area (Å²) >= 11 is 5.78. The summed E-state index contributed by atoms with van der Waals surface area (Å²) in [7, 11) is 1.93. The van der Waals surface area contributed by atoms with Crippen LogP contribution in [0.2, 0.25) is 5.02 Å². The lowest BCUT2D eigenvalue weighted by molar-refractivity contribution is 0.116. The number of nitrogens with zero attached hydrogens (tertiary/aromatic N) is 1. The highest BCUT2D eigenvalue weighted by Gasteiger charge is 2.09. The first kappa shape index (κ1) is 14.5. The summed E-state index contributed by atoms with van der Waals surface area (Å²) in [6.07, 6.45) is -0.179. The summed E-state index contributed by atoms with van der Waals surface area (Å²) < 4.78 is 0.